The Bertz CT molecular complexity index is 601. The largest absolute Gasteiger partial charge is 0.493 e. The minimum absolute atomic E-state index is 0.0648. The SMILES string of the molecule is COc1ccc(CNC(=O)C2CC(=O)N(CC(C)C)C2)cc1OC. The van der Waals surface area contributed by atoms with E-state index in [4.69, 9.17) is 9.47 Å². The first-order valence-corrected chi connectivity index (χ1v) is 8.21. The number of amides is 2. The Hall–Kier alpha value is -2.24. The maximum absolute atomic E-state index is 12.3. The van der Waals surface area contributed by atoms with E-state index in [0.29, 0.717) is 43.5 Å². The summed E-state index contributed by atoms with van der Waals surface area (Å²) in [5.41, 5.74) is 0.921. The van der Waals surface area contributed by atoms with Crippen molar-refractivity contribution in [2.75, 3.05) is 27.3 Å². The molecule has 0 saturated carbocycles. The summed E-state index contributed by atoms with van der Waals surface area (Å²) in [5, 5.41) is 2.91. The Morgan fingerprint density at radius 1 is 1.29 bits per heavy atom. The van der Waals surface area contributed by atoms with Crippen LogP contribution in [0.3, 0.4) is 0 Å². The molecule has 1 aromatic carbocycles. The van der Waals surface area contributed by atoms with Gasteiger partial charge in [0.1, 0.15) is 0 Å². The quantitative estimate of drug-likeness (QED) is 0.826. The number of likely N-dealkylation sites (tertiary alicyclic amines) is 1. The average Bonchev–Trinajstić information content (AvgIpc) is 2.92. The van der Waals surface area contributed by atoms with Crippen LogP contribution in [0.4, 0.5) is 0 Å². The highest BCUT2D eigenvalue weighted by atomic mass is 16.5. The average molecular weight is 334 g/mol. The van der Waals surface area contributed by atoms with Crippen LogP contribution in [0.2, 0.25) is 0 Å². The fraction of sp³-hybridized carbons (Fsp3) is 0.556. The number of carbonyl (C=O) groups is 2. The van der Waals surface area contributed by atoms with Gasteiger partial charge in [-0.2, -0.15) is 0 Å². The highest BCUT2D eigenvalue weighted by Gasteiger charge is 2.34. The molecule has 0 aromatic heterocycles. The van der Waals surface area contributed by atoms with Gasteiger partial charge in [-0.15, -0.1) is 0 Å². The Balaban J connectivity index is 1.91. The molecule has 1 fully saturated rings. The van der Waals surface area contributed by atoms with Gasteiger partial charge in [-0.05, 0) is 23.6 Å². The fourth-order valence-corrected chi connectivity index (χ4v) is 2.89. The highest BCUT2D eigenvalue weighted by Crippen LogP contribution is 2.27. The number of methoxy groups -OCH3 is 2. The van der Waals surface area contributed by atoms with Crippen molar-refractivity contribution in [2.24, 2.45) is 11.8 Å². The van der Waals surface area contributed by atoms with Crippen molar-refractivity contribution >= 4 is 11.8 Å². The summed E-state index contributed by atoms with van der Waals surface area (Å²) < 4.78 is 10.5. The Morgan fingerprint density at radius 2 is 2.00 bits per heavy atom. The van der Waals surface area contributed by atoms with Crippen molar-refractivity contribution in [1.82, 2.24) is 10.2 Å². The lowest BCUT2D eigenvalue weighted by molar-refractivity contribution is -0.129. The molecule has 1 atom stereocenters. The molecule has 1 heterocycles. The Labute approximate surface area is 143 Å². The molecule has 0 spiro atoms. The third kappa shape index (κ3) is 4.40. The first-order valence-electron chi connectivity index (χ1n) is 8.21. The summed E-state index contributed by atoms with van der Waals surface area (Å²) in [7, 11) is 3.16. The van der Waals surface area contributed by atoms with Gasteiger partial charge in [0, 0.05) is 26.1 Å². The number of benzene rings is 1. The van der Waals surface area contributed by atoms with Crippen LogP contribution in [0.1, 0.15) is 25.8 Å². The molecule has 6 nitrogen and oxygen atoms in total. The zero-order valence-electron chi connectivity index (χ0n) is 14.8. The van der Waals surface area contributed by atoms with Crippen molar-refractivity contribution < 1.29 is 19.1 Å². The molecule has 1 N–H and O–H groups in total. The van der Waals surface area contributed by atoms with E-state index in [9.17, 15) is 9.59 Å². The van der Waals surface area contributed by atoms with E-state index in [2.05, 4.69) is 19.2 Å². The van der Waals surface area contributed by atoms with Gasteiger partial charge in [0.05, 0.1) is 20.1 Å². The first kappa shape index (κ1) is 18.1. The highest BCUT2D eigenvalue weighted by molar-refractivity contribution is 5.89. The van der Waals surface area contributed by atoms with Crippen LogP contribution >= 0.6 is 0 Å². The molecule has 1 aliphatic heterocycles. The summed E-state index contributed by atoms with van der Waals surface area (Å²) in [6, 6.07) is 5.53. The summed E-state index contributed by atoms with van der Waals surface area (Å²) in [6.45, 7) is 5.75. The van der Waals surface area contributed by atoms with Crippen LogP contribution < -0.4 is 14.8 Å². The van der Waals surface area contributed by atoms with Gasteiger partial charge in [0.25, 0.3) is 0 Å². The number of hydrogen-bond donors (Lipinski definition) is 1. The van der Waals surface area contributed by atoms with E-state index in [1.165, 1.54) is 0 Å². The standard InChI is InChI=1S/C18H26N2O4/c1-12(2)10-20-11-14(8-17(20)21)18(22)19-9-13-5-6-15(23-3)16(7-13)24-4/h5-7,12,14H,8-11H2,1-4H3,(H,19,22). The lowest BCUT2D eigenvalue weighted by atomic mass is 10.1. The van der Waals surface area contributed by atoms with Gasteiger partial charge in [0.2, 0.25) is 11.8 Å². The molecule has 1 aromatic rings. The molecule has 1 saturated heterocycles. The minimum Gasteiger partial charge on any atom is -0.493 e. The predicted octanol–water partition coefficient (Wildman–Crippen LogP) is 1.82. The second-order valence-electron chi connectivity index (χ2n) is 6.50. The van der Waals surface area contributed by atoms with Crippen LogP contribution in [-0.4, -0.2) is 44.0 Å². The fourth-order valence-electron chi connectivity index (χ4n) is 2.89. The van der Waals surface area contributed by atoms with E-state index in [1.54, 1.807) is 19.1 Å². The zero-order valence-corrected chi connectivity index (χ0v) is 14.8. The number of carbonyl (C=O) groups excluding carboxylic acids is 2. The molecule has 6 heteroatoms. The lowest BCUT2D eigenvalue weighted by Gasteiger charge is -2.18. The summed E-state index contributed by atoms with van der Waals surface area (Å²) >= 11 is 0. The summed E-state index contributed by atoms with van der Waals surface area (Å²) in [6.07, 6.45) is 0.296. The van der Waals surface area contributed by atoms with E-state index < -0.39 is 0 Å². The number of hydrogen-bond acceptors (Lipinski definition) is 4. The van der Waals surface area contributed by atoms with Crippen LogP contribution in [0.15, 0.2) is 18.2 Å². The molecular formula is C18H26N2O4. The van der Waals surface area contributed by atoms with Gasteiger partial charge in [-0.25, -0.2) is 0 Å². The maximum Gasteiger partial charge on any atom is 0.225 e. The van der Waals surface area contributed by atoms with Gasteiger partial charge in [-0.3, -0.25) is 9.59 Å². The van der Waals surface area contributed by atoms with Crippen molar-refractivity contribution in [3.8, 4) is 11.5 Å². The molecule has 0 radical (unpaired) electrons. The normalized spacial score (nSPS) is 17.3. The lowest BCUT2D eigenvalue weighted by Crippen LogP contribution is -2.33. The molecule has 24 heavy (non-hydrogen) atoms. The number of ether oxygens (including phenoxy) is 2. The number of nitrogens with one attached hydrogen (secondary N) is 1. The van der Waals surface area contributed by atoms with Crippen LogP contribution in [-0.2, 0) is 16.1 Å². The first-order chi connectivity index (χ1) is 11.4. The second-order valence-corrected chi connectivity index (χ2v) is 6.50. The van der Waals surface area contributed by atoms with Gasteiger partial charge >= 0.3 is 0 Å². The van der Waals surface area contributed by atoms with E-state index >= 15 is 0 Å². The van der Waals surface area contributed by atoms with E-state index in [-0.39, 0.29) is 17.7 Å². The van der Waals surface area contributed by atoms with Crippen LogP contribution in [0, 0.1) is 11.8 Å². The van der Waals surface area contributed by atoms with Crippen LogP contribution in [0.25, 0.3) is 0 Å². The van der Waals surface area contributed by atoms with E-state index in [1.807, 2.05) is 18.2 Å². The minimum atomic E-state index is -0.267. The second kappa shape index (κ2) is 8.04. The Kier molecular flexibility index (Phi) is 6.06. The Morgan fingerprint density at radius 3 is 2.62 bits per heavy atom. The zero-order chi connectivity index (χ0) is 17.7. The summed E-state index contributed by atoms with van der Waals surface area (Å²) in [4.78, 5) is 26.1. The molecular weight excluding hydrogens is 308 g/mol. The van der Waals surface area contributed by atoms with Crippen LogP contribution in [0.5, 0.6) is 11.5 Å². The van der Waals surface area contributed by atoms with Crippen molar-refractivity contribution in [2.45, 2.75) is 26.8 Å². The topological polar surface area (TPSA) is 67.9 Å². The summed E-state index contributed by atoms with van der Waals surface area (Å²) in [5.74, 6) is 1.40. The molecule has 0 bridgehead atoms. The molecule has 132 valence electrons. The number of rotatable bonds is 7. The van der Waals surface area contributed by atoms with E-state index in [0.717, 1.165) is 5.56 Å². The number of nitrogens with zero attached hydrogens (tertiary/aromatic N) is 1. The smallest absolute Gasteiger partial charge is 0.225 e. The van der Waals surface area contributed by atoms with Crippen molar-refractivity contribution in [3.63, 3.8) is 0 Å². The molecule has 1 aliphatic rings. The van der Waals surface area contributed by atoms with Gasteiger partial charge < -0.3 is 19.7 Å². The predicted molar refractivity (Wildman–Crippen MR) is 90.9 cm³/mol. The third-order valence-corrected chi connectivity index (χ3v) is 4.09. The maximum atomic E-state index is 12.3. The third-order valence-electron chi connectivity index (χ3n) is 4.09. The van der Waals surface area contributed by atoms with Crippen molar-refractivity contribution in [1.29, 1.82) is 0 Å². The molecule has 1 unspecified atom stereocenters. The van der Waals surface area contributed by atoms with Gasteiger partial charge in [-0.1, -0.05) is 19.9 Å². The molecule has 2 rings (SSSR count). The van der Waals surface area contributed by atoms with Gasteiger partial charge in [0.15, 0.2) is 11.5 Å². The molecule has 0 aliphatic carbocycles. The van der Waals surface area contributed by atoms with Crippen molar-refractivity contribution in [3.05, 3.63) is 23.8 Å². The monoisotopic (exact) mass is 334 g/mol. The molecule has 2 amide bonds.